The molecule has 1 heterocycles. The Balaban J connectivity index is 2.85. The second-order valence-electron chi connectivity index (χ2n) is 5.54. The lowest BCUT2D eigenvalue weighted by Crippen LogP contribution is -2.46. The second kappa shape index (κ2) is 4.24. The van der Waals surface area contributed by atoms with Crippen LogP contribution in [0.15, 0.2) is 24.4 Å². The molecular weight excluding hydrogens is 200 g/mol. The molecule has 0 atom stereocenters. The van der Waals surface area contributed by atoms with Crippen molar-refractivity contribution in [1.82, 2.24) is 10.3 Å². The summed E-state index contributed by atoms with van der Waals surface area (Å²) in [4.78, 5) is 16.2. The topological polar surface area (TPSA) is 42.0 Å². The highest BCUT2D eigenvalue weighted by molar-refractivity contribution is 5.82. The highest BCUT2D eigenvalue weighted by atomic mass is 16.2. The summed E-state index contributed by atoms with van der Waals surface area (Å²) in [6, 6.07) is 5.71. The summed E-state index contributed by atoms with van der Waals surface area (Å²) in [5.74, 6) is 0.0307. The largest absolute Gasteiger partial charge is 0.345 e. The van der Waals surface area contributed by atoms with E-state index in [1.54, 1.807) is 6.20 Å². The highest BCUT2D eigenvalue weighted by Gasteiger charge is 2.29. The van der Waals surface area contributed by atoms with Crippen LogP contribution in [0.2, 0.25) is 0 Å². The predicted octanol–water partition coefficient (Wildman–Crippen LogP) is 2.48. The van der Waals surface area contributed by atoms with Gasteiger partial charge in [-0.1, -0.05) is 26.8 Å². The lowest BCUT2D eigenvalue weighted by Gasteiger charge is -2.29. The number of rotatable bonds is 2. The summed E-state index contributed by atoms with van der Waals surface area (Å²) >= 11 is 0. The van der Waals surface area contributed by atoms with E-state index in [1.165, 1.54) is 0 Å². The molecule has 1 aromatic heterocycles. The average Bonchev–Trinajstić information content (AvgIpc) is 2.17. The maximum absolute atomic E-state index is 11.9. The summed E-state index contributed by atoms with van der Waals surface area (Å²) in [7, 11) is 0. The number of hydrogen-bond acceptors (Lipinski definition) is 2. The summed E-state index contributed by atoms with van der Waals surface area (Å²) in [5, 5.41) is 3.01. The van der Waals surface area contributed by atoms with E-state index in [2.05, 4.69) is 10.3 Å². The van der Waals surface area contributed by atoms with Crippen molar-refractivity contribution in [3.8, 4) is 0 Å². The fourth-order valence-electron chi connectivity index (χ4n) is 1.27. The molecule has 0 radical (unpaired) electrons. The maximum atomic E-state index is 11.9. The molecule has 0 saturated heterocycles. The van der Waals surface area contributed by atoms with Crippen LogP contribution in [-0.4, -0.2) is 10.9 Å². The Morgan fingerprint density at radius 2 is 1.81 bits per heavy atom. The van der Waals surface area contributed by atoms with Gasteiger partial charge in [-0.15, -0.1) is 0 Å². The molecule has 0 unspecified atom stereocenters. The third kappa shape index (κ3) is 3.05. The zero-order valence-electron chi connectivity index (χ0n) is 10.7. The van der Waals surface area contributed by atoms with Gasteiger partial charge in [0.25, 0.3) is 0 Å². The molecule has 16 heavy (non-hydrogen) atoms. The highest BCUT2D eigenvalue weighted by Crippen LogP contribution is 2.21. The molecule has 3 nitrogen and oxygen atoms in total. The standard InChI is InChI=1S/C13H20N2O/c1-12(2,3)11(16)15-13(4,5)10-8-6-7-9-14-10/h6-9H,1-5H3,(H,15,16). The van der Waals surface area contributed by atoms with Gasteiger partial charge in [0.05, 0.1) is 11.2 Å². The SMILES string of the molecule is CC(C)(C)C(=O)NC(C)(C)c1ccccn1. The van der Waals surface area contributed by atoms with Crippen LogP contribution in [0.1, 0.15) is 40.3 Å². The zero-order chi connectivity index (χ0) is 12.4. The van der Waals surface area contributed by atoms with Gasteiger partial charge in [0.15, 0.2) is 0 Å². The van der Waals surface area contributed by atoms with E-state index < -0.39 is 5.54 Å². The number of amides is 1. The van der Waals surface area contributed by atoms with E-state index in [0.717, 1.165) is 5.69 Å². The fourth-order valence-corrected chi connectivity index (χ4v) is 1.27. The minimum absolute atomic E-state index is 0.0307. The molecule has 0 aromatic carbocycles. The van der Waals surface area contributed by atoms with E-state index in [1.807, 2.05) is 52.8 Å². The van der Waals surface area contributed by atoms with Crippen LogP contribution < -0.4 is 5.32 Å². The van der Waals surface area contributed by atoms with E-state index in [-0.39, 0.29) is 11.3 Å². The van der Waals surface area contributed by atoms with Gasteiger partial charge in [0.2, 0.25) is 5.91 Å². The first kappa shape index (κ1) is 12.7. The predicted molar refractivity (Wildman–Crippen MR) is 64.9 cm³/mol. The van der Waals surface area contributed by atoms with Crippen LogP contribution in [0.4, 0.5) is 0 Å². The van der Waals surface area contributed by atoms with Gasteiger partial charge in [-0.3, -0.25) is 9.78 Å². The molecule has 0 bridgehead atoms. The third-order valence-corrected chi connectivity index (χ3v) is 2.41. The second-order valence-corrected chi connectivity index (χ2v) is 5.54. The molecule has 1 rings (SSSR count). The lowest BCUT2D eigenvalue weighted by molar-refractivity contribution is -0.130. The lowest BCUT2D eigenvalue weighted by atomic mass is 9.92. The van der Waals surface area contributed by atoms with Gasteiger partial charge in [-0.25, -0.2) is 0 Å². The number of aromatic nitrogens is 1. The Morgan fingerprint density at radius 1 is 1.19 bits per heavy atom. The Bertz CT molecular complexity index is 363. The first-order valence-corrected chi connectivity index (χ1v) is 5.47. The number of nitrogens with zero attached hydrogens (tertiary/aromatic N) is 1. The zero-order valence-corrected chi connectivity index (χ0v) is 10.7. The number of pyridine rings is 1. The quantitative estimate of drug-likeness (QED) is 0.832. The molecule has 88 valence electrons. The number of carbonyl (C=O) groups excluding carboxylic acids is 1. The Morgan fingerprint density at radius 3 is 2.25 bits per heavy atom. The van der Waals surface area contributed by atoms with E-state index in [9.17, 15) is 4.79 Å². The number of hydrogen-bond donors (Lipinski definition) is 1. The Kier molecular flexibility index (Phi) is 3.36. The molecule has 0 aliphatic carbocycles. The molecule has 3 heteroatoms. The summed E-state index contributed by atoms with van der Waals surface area (Å²) in [5.41, 5.74) is 0.0464. The summed E-state index contributed by atoms with van der Waals surface area (Å²) in [6.45, 7) is 9.61. The van der Waals surface area contributed by atoms with Gasteiger partial charge >= 0.3 is 0 Å². The van der Waals surface area contributed by atoms with Crippen LogP contribution in [0.25, 0.3) is 0 Å². The van der Waals surface area contributed by atoms with E-state index >= 15 is 0 Å². The van der Waals surface area contributed by atoms with Crippen molar-refractivity contribution >= 4 is 5.91 Å². The Labute approximate surface area is 97.3 Å². The fraction of sp³-hybridized carbons (Fsp3) is 0.538. The molecule has 1 N–H and O–H groups in total. The van der Waals surface area contributed by atoms with Crippen molar-refractivity contribution in [2.75, 3.05) is 0 Å². The first-order chi connectivity index (χ1) is 7.23. The van der Waals surface area contributed by atoms with Crippen molar-refractivity contribution in [2.45, 2.75) is 40.2 Å². The third-order valence-electron chi connectivity index (χ3n) is 2.41. The molecule has 0 fully saturated rings. The van der Waals surface area contributed by atoms with Crippen molar-refractivity contribution in [2.24, 2.45) is 5.41 Å². The van der Waals surface area contributed by atoms with Gasteiger partial charge in [-0.2, -0.15) is 0 Å². The number of carbonyl (C=O) groups is 1. The molecule has 0 spiro atoms. The van der Waals surface area contributed by atoms with Gasteiger partial charge in [-0.05, 0) is 26.0 Å². The van der Waals surface area contributed by atoms with Crippen LogP contribution in [0.5, 0.6) is 0 Å². The van der Waals surface area contributed by atoms with Gasteiger partial charge in [0.1, 0.15) is 0 Å². The minimum Gasteiger partial charge on any atom is -0.345 e. The van der Waals surface area contributed by atoms with Gasteiger partial charge < -0.3 is 5.32 Å². The van der Waals surface area contributed by atoms with Crippen LogP contribution in [0, 0.1) is 5.41 Å². The molecule has 0 saturated carbocycles. The average molecular weight is 220 g/mol. The first-order valence-electron chi connectivity index (χ1n) is 5.47. The normalized spacial score (nSPS) is 12.3. The van der Waals surface area contributed by atoms with Gasteiger partial charge in [0, 0.05) is 11.6 Å². The molecule has 0 aliphatic rings. The maximum Gasteiger partial charge on any atom is 0.226 e. The molecule has 0 aliphatic heterocycles. The molecule has 1 amide bonds. The van der Waals surface area contributed by atoms with Crippen LogP contribution in [0.3, 0.4) is 0 Å². The number of nitrogens with one attached hydrogen (secondary N) is 1. The van der Waals surface area contributed by atoms with E-state index in [0.29, 0.717) is 0 Å². The van der Waals surface area contributed by atoms with E-state index in [4.69, 9.17) is 0 Å². The summed E-state index contributed by atoms with van der Waals surface area (Å²) in [6.07, 6.45) is 1.74. The van der Waals surface area contributed by atoms with Crippen molar-refractivity contribution in [1.29, 1.82) is 0 Å². The monoisotopic (exact) mass is 220 g/mol. The smallest absolute Gasteiger partial charge is 0.226 e. The van der Waals surface area contributed by atoms with Crippen molar-refractivity contribution in [3.63, 3.8) is 0 Å². The Hall–Kier alpha value is -1.38. The summed E-state index contributed by atoms with van der Waals surface area (Å²) < 4.78 is 0. The molecule has 1 aromatic rings. The minimum atomic E-state index is -0.439. The van der Waals surface area contributed by atoms with Crippen molar-refractivity contribution < 1.29 is 4.79 Å². The molecular formula is C13H20N2O. The van der Waals surface area contributed by atoms with Crippen molar-refractivity contribution in [3.05, 3.63) is 30.1 Å². The van der Waals surface area contributed by atoms with Crippen LogP contribution in [-0.2, 0) is 10.3 Å². The van der Waals surface area contributed by atoms with Crippen LogP contribution >= 0.6 is 0 Å².